The van der Waals surface area contributed by atoms with Gasteiger partial charge in [0.15, 0.2) is 9.84 Å². The van der Waals surface area contributed by atoms with E-state index in [4.69, 9.17) is 0 Å². The minimum absolute atomic E-state index is 0.0972. The average molecular weight is 158 g/mol. The van der Waals surface area contributed by atoms with Crippen LogP contribution in [0.5, 0.6) is 0 Å². The van der Waals surface area contributed by atoms with Crippen molar-refractivity contribution in [1.29, 1.82) is 0 Å². The van der Waals surface area contributed by atoms with E-state index in [1.54, 1.807) is 12.2 Å². The summed E-state index contributed by atoms with van der Waals surface area (Å²) in [5.41, 5.74) is 0. The number of allylic oxidation sites excluding steroid dienone is 3. The molecule has 0 amide bonds. The highest BCUT2D eigenvalue weighted by molar-refractivity contribution is 7.98. The van der Waals surface area contributed by atoms with Crippen LogP contribution in [0.2, 0.25) is 0 Å². The quantitative estimate of drug-likeness (QED) is 0.579. The second kappa shape index (κ2) is 2.23. The van der Waals surface area contributed by atoms with Crippen molar-refractivity contribution in [2.24, 2.45) is 5.92 Å². The number of rotatable bonds is 1. The van der Waals surface area contributed by atoms with Gasteiger partial charge in [0.05, 0.1) is 4.91 Å². The highest BCUT2D eigenvalue weighted by Gasteiger charge is 2.19. The van der Waals surface area contributed by atoms with Crippen molar-refractivity contribution in [1.82, 2.24) is 0 Å². The summed E-state index contributed by atoms with van der Waals surface area (Å²) in [4.78, 5) is 0.521. The normalized spacial score (nSPS) is 21.7. The van der Waals surface area contributed by atoms with Gasteiger partial charge in [0.1, 0.15) is 0 Å². The lowest BCUT2D eigenvalue weighted by molar-refractivity contribution is 0.604. The maximum Gasteiger partial charge on any atom is 0.196 e. The van der Waals surface area contributed by atoms with Gasteiger partial charge >= 0.3 is 0 Å². The Morgan fingerprint density at radius 1 is 1.40 bits per heavy atom. The van der Waals surface area contributed by atoms with Gasteiger partial charge in [-0.05, 0) is 18.1 Å². The zero-order chi connectivity index (χ0) is 7.78. The molecule has 1 aliphatic heterocycles. The smallest absolute Gasteiger partial charge is 0.196 e. The molecule has 0 radical (unpaired) electrons. The third kappa shape index (κ3) is 1.14. The summed E-state index contributed by atoms with van der Waals surface area (Å²) in [6, 6.07) is 0. The van der Waals surface area contributed by atoms with Crippen molar-refractivity contribution in [2.75, 3.05) is 0 Å². The molecule has 0 saturated heterocycles. The fourth-order valence-electron chi connectivity index (χ4n) is 0.932. The zero-order valence-corrected chi connectivity index (χ0v) is 6.85. The molecule has 1 aliphatic rings. The first kappa shape index (κ1) is 7.54. The van der Waals surface area contributed by atoms with Gasteiger partial charge in [0, 0.05) is 5.41 Å². The highest BCUT2D eigenvalue weighted by Crippen LogP contribution is 2.23. The Morgan fingerprint density at radius 2 is 2.00 bits per heavy atom. The van der Waals surface area contributed by atoms with Crippen LogP contribution in [-0.2, 0) is 9.84 Å². The molecule has 0 unspecified atom stereocenters. The number of hydrogen-bond acceptors (Lipinski definition) is 2. The fourth-order valence-corrected chi connectivity index (χ4v) is 2.30. The first-order chi connectivity index (χ1) is 4.54. The van der Waals surface area contributed by atoms with Crippen molar-refractivity contribution >= 4 is 9.84 Å². The Bertz CT molecular complexity index is 281. The van der Waals surface area contributed by atoms with Crippen LogP contribution in [0.1, 0.15) is 13.8 Å². The van der Waals surface area contributed by atoms with Crippen LogP contribution in [0, 0.1) is 5.92 Å². The van der Waals surface area contributed by atoms with E-state index in [1.807, 2.05) is 13.8 Å². The molecule has 0 spiro atoms. The highest BCUT2D eigenvalue weighted by atomic mass is 32.2. The molecule has 0 aromatic carbocycles. The topological polar surface area (TPSA) is 34.1 Å². The van der Waals surface area contributed by atoms with Crippen LogP contribution >= 0.6 is 0 Å². The molecule has 0 fully saturated rings. The minimum Gasteiger partial charge on any atom is -0.219 e. The molecule has 0 N–H and O–H groups in total. The van der Waals surface area contributed by atoms with Crippen LogP contribution in [0.4, 0.5) is 0 Å². The van der Waals surface area contributed by atoms with Gasteiger partial charge in [-0.25, -0.2) is 8.42 Å². The summed E-state index contributed by atoms with van der Waals surface area (Å²) in [5, 5.41) is 1.24. The minimum atomic E-state index is -3.01. The Morgan fingerprint density at radius 3 is 2.20 bits per heavy atom. The van der Waals surface area contributed by atoms with Crippen LogP contribution in [-0.4, -0.2) is 8.42 Å². The van der Waals surface area contributed by atoms with Crippen molar-refractivity contribution in [3.63, 3.8) is 0 Å². The average Bonchev–Trinajstić information content (AvgIpc) is 2.08. The van der Waals surface area contributed by atoms with Gasteiger partial charge < -0.3 is 0 Å². The van der Waals surface area contributed by atoms with Crippen LogP contribution in [0.3, 0.4) is 0 Å². The molecule has 0 saturated carbocycles. The van der Waals surface area contributed by atoms with Gasteiger partial charge in [-0.3, -0.25) is 0 Å². The summed E-state index contributed by atoms with van der Waals surface area (Å²) in [5.74, 6) is 0.0972. The predicted octanol–water partition coefficient (Wildman–Crippen LogP) is 1.47. The van der Waals surface area contributed by atoms with Gasteiger partial charge in [-0.2, -0.15) is 0 Å². The molecule has 0 aromatic heterocycles. The van der Waals surface area contributed by atoms with E-state index < -0.39 is 9.84 Å². The van der Waals surface area contributed by atoms with Crippen LogP contribution < -0.4 is 0 Å². The second-order valence-electron chi connectivity index (χ2n) is 2.60. The number of sulfone groups is 1. The molecule has 0 atom stereocenters. The van der Waals surface area contributed by atoms with E-state index >= 15 is 0 Å². The molecule has 2 nitrogen and oxygen atoms in total. The molecule has 56 valence electrons. The molecular weight excluding hydrogens is 148 g/mol. The van der Waals surface area contributed by atoms with Crippen molar-refractivity contribution in [2.45, 2.75) is 13.8 Å². The molecule has 0 aliphatic carbocycles. The lowest BCUT2D eigenvalue weighted by Crippen LogP contribution is -2.02. The Kier molecular flexibility index (Phi) is 1.68. The molecule has 0 bridgehead atoms. The van der Waals surface area contributed by atoms with Gasteiger partial charge in [-0.1, -0.05) is 13.8 Å². The maximum absolute atomic E-state index is 11.0. The molecular formula is C7H10O2S. The lowest BCUT2D eigenvalue weighted by Gasteiger charge is -2.03. The molecule has 0 aromatic rings. The Balaban J connectivity index is 3.06. The van der Waals surface area contributed by atoms with Gasteiger partial charge in [0.25, 0.3) is 0 Å². The third-order valence-electron chi connectivity index (χ3n) is 1.42. The van der Waals surface area contributed by atoms with Crippen molar-refractivity contribution < 1.29 is 8.42 Å². The van der Waals surface area contributed by atoms with Gasteiger partial charge in [0.2, 0.25) is 0 Å². The fraction of sp³-hybridized carbons (Fsp3) is 0.429. The standard InChI is InChI=1S/C7H10O2S/c1-6(2)7-4-3-5-10(7,8)9/h3-6H,1-2H3. The van der Waals surface area contributed by atoms with Gasteiger partial charge in [-0.15, -0.1) is 0 Å². The van der Waals surface area contributed by atoms with Crippen molar-refractivity contribution in [3.05, 3.63) is 22.5 Å². The second-order valence-corrected chi connectivity index (χ2v) is 4.43. The molecule has 10 heavy (non-hydrogen) atoms. The summed E-state index contributed by atoms with van der Waals surface area (Å²) < 4.78 is 22.1. The summed E-state index contributed by atoms with van der Waals surface area (Å²) in [6.07, 6.45) is 3.23. The summed E-state index contributed by atoms with van der Waals surface area (Å²) >= 11 is 0. The van der Waals surface area contributed by atoms with E-state index in [1.165, 1.54) is 5.41 Å². The first-order valence-electron chi connectivity index (χ1n) is 3.17. The Hall–Kier alpha value is -0.570. The SMILES string of the molecule is CC(C)C1=CC=CS1(=O)=O. The molecule has 3 heteroatoms. The monoisotopic (exact) mass is 158 g/mol. The van der Waals surface area contributed by atoms with E-state index in [0.29, 0.717) is 4.91 Å². The van der Waals surface area contributed by atoms with E-state index in [-0.39, 0.29) is 5.92 Å². The maximum atomic E-state index is 11.0. The first-order valence-corrected chi connectivity index (χ1v) is 4.72. The Labute approximate surface area is 61.2 Å². The predicted molar refractivity (Wildman–Crippen MR) is 41.0 cm³/mol. The summed E-state index contributed by atoms with van der Waals surface area (Å²) in [7, 11) is -3.01. The zero-order valence-electron chi connectivity index (χ0n) is 6.03. The lowest BCUT2D eigenvalue weighted by atomic mass is 10.2. The van der Waals surface area contributed by atoms with Crippen LogP contribution in [0.25, 0.3) is 0 Å². The summed E-state index contributed by atoms with van der Waals surface area (Å²) in [6.45, 7) is 3.74. The van der Waals surface area contributed by atoms with E-state index in [9.17, 15) is 8.42 Å². The van der Waals surface area contributed by atoms with Crippen LogP contribution in [0.15, 0.2) is 22.5 Å². The third-order valence-corrected chi connectivity index (χ3v) is 3.20. The van der Waals surface area contributed by atoms with Crippen molar-refractivity contribution in [3.8, 4) is 0 Å². The molecule has 1 heterocycles. The van der Waals surface area contributed by atoms with E-state index in [0.717, 1.165) is 0 Å². The molecule has 1 rings (SSSR count). The number of hydrogen-bond donors (Lipinski definition) is 0. The largest absolute Gasteiger partial charge is 0.219 e. The van der Waals surface area contributed by atoms with E-state index in [2.05, 4.69) is 0 Å².